The van der Waals surface area contributed by atoms with Crippen molar-refractivity contribution >= 4 is 23.2 Å². The molecule has 2 N–H and O–H groups in total. The first kappa shape index (κ1) is 14.6. The third-order valence-corrected chi connectivity index (χ3v) is 4.77. The number of nitrogen functional groups attached to an aromatic ring is 1. The highest BCUT2D eigenvalue weighted by Gasteiger charge is 2.35. The first-order valence-electron chi connectivity index (χ1n) is 7.87. The number of carbonyl (C=O) groups is 1. The van der Waals surface area contributed by atoms with Crippen LogP contribution in [0.3, 0.4) is 0 Å². The molecule has 0 bridgehead atoms. The molecular formula is C16H22ClN3O. The van der Waals surface area contributed by atoms with Crippen LogP contribution in [0.25, 0.3) is 0 Å². The maximum absolute atomic E-state index is 12.8. The molecule has 2 aliphatic carbocycles. The predicted molar refractivity (Wildman–Crippen MR) is 84.3 cm³/mol. The largest absolute Gasteiger partial charge is 0.397 e. The molecule has 2 saturated carbocycles. The molecule has 2 fully saturated rings. The topological polar surface area (TPSA) is 59.2 Å². The first-order chi connectivity index (χ1) is 10.1. The van der Waals surface area contributed by atoms with Gasteiger partial charge in [0.2, 0.25) is 0 Å². The van der Waals surface area contributed by atoms with Crippen molar-refractivity contribution in [3.05, 3.63) is 23.0 Å². The van der Waals surface area contributed by atoms with Gasteiger partial charge >= 0.3 is 0 Å². The van der Waals surface area contributed by atoms with Crippen LogP contribution in [0.4, 0.5) is 5.69 Å². The average molecular weight is 308 g/mol. The Morgan fingerprint density at radius 3 is 2.67 bits per heavy atom. The van der Waals surface area contributed by atoms with Crippen LogP contribution in [-0.2, 0) is 0 Å². The zero-order valence-electron chi connectivity index (χ0n) is 12.2. The van der Waals surface area contributed by atoms with Crippen molar-refractivity contribution in [2.24, 2.45) is 5.92 Å². The Morgan fingerprint density at radius 1 is 1.29 bits per heavy atom. The Balaban J connectivity index is 1.76. The van der Waals surface area contributed by atoms with Crippen LogP contribution in [0.2, 0.25) is 5.15 Å². The lowest BCUT2D eigenvalue weighted by Gasteiger charge is -2.30. The lowest BCUT2D eigenvalue weighted by Crippen LogP contribution is -2.38. The molecule has 0 radical (unpaired) electrons. The second kappa shape index (κ2) is 6.22. The van der Waals surface area contributed by atoms with E-state index in [1.165, 1.54) is 38.3 Å². The van der Waals surface area contributed by atoms with E-state index in [1.807, 2.05) is 4.90 Å². The molecule has 0 aromatic carbocycles. The SMILES string of the molecule is Nc1cnc(Cl)cc1C(=O)N(CC1CCCCC1)C1CC1. The van der Waals surface area contributed by atoms with Gasteiger partial charge in [-0.3, -0.25) is 4.79 Å². The van der Waals surface area contributed by atoms with Crippen molar-refractivity contribution in [2.75, 3.05) is 12.3 Å². The minimum absolute atomic E-state index is 0.0184. The molecule has 0 atom stereocenters. The Bertz CT molecular complexity index is 524. The molecule has 1 aromatic rings. The molecule has 2 aliphatic rings. The van der Waals surface area contributed by atoms with Crippen LogP contribution in [0.15, 0.2) is 12.3 Å². The lowest BCUT2D eigenvalue weighted by molar-refractivity contribution is 0.0700. The van der Waals surface area contributed by atoms with E-state index in [-0.39, 0.29) is 5.91 Å². The summed E-state index contributed by atoms with van der Waals surface area (Å²) in [6.45, 7) is 0.864. The van der Waals surface area contributed by atoms with E-state index in [4.69, 9.17) is 17.3 Å². The smallest absolute Gasteiger partial charge is 0.256 e. The summed E-state index contributed by atoms with van der Waals surface area (Å²) in [7, 11) is 0. The predicted octanol–water partition coefficient (Wildman–Crippen LogP) is 3.50. The zero-order valence-corrected chi connectivity index (χ0v) is 13.0. The summed E-state index contributed by atoms with van der Waals surface area (Å²) in [5.41, 5.74) is 6.83. The fourth-order valence-corrected chi connectivity index (χ4v) is 3.37. The molecule has 4 nitrogen and oxygen atoms in total. The molecular weight excluding hydrogens is 286 g/mol. The molecule has 21 heavy (non-hydrogen) atoms. The van der Waals surface area contributed by atoms with E-state index in [0.29, 0.717) is 28.4 Å². The van der Waals surface area contributed by atoms with Crippen LogP contribution >= 0.6 is 11.6 Å². The maximum atomic E-state index is 12.8. The molecule has 0 unspecified atom stereocenters. The average Bonchev–Trinajstić information content (AvgIpc) is 3.32. The zero-order chi connectivity index (χ0) is 14.8. The number of anilines is 1. The van der Waals surface area contributed by atoms with Gasteiger partial charge < -0.3 is 10.6 Å². The number of pyridine rings is 1. The number of rotatable bonds is 4. The van der Waals surface area contributed by atoms with Crippen molar-refractivity contribution in [3.8, 4) is 0 Å². The molecule has 3 rings (SSSR count). The van der Waals surface area contributed by atoms with Crippen molar-refractivity contribution in [3.63, 3.8) is 0 Å². The lowest BCUT2D eigenvalue weighted by atomic mass is 9.88. The van der Waals surface area contributed by atoms with E-state index in [2.05, 4.69) is 4.98 Å². The van der Waals surface area contributed by atoms with E-state index >= 15 is 0 Å². The second-order valence-electron chi connectivity index (χ2n) is 6.29. The summed E-state index contributed by atoms with van der Waals surface area (Å²) in [6, 6.07) is 1.99. The standard InChI is InChI=1S/C16H22ClN3O/c17-15-8-13(14(18)9-19-15)16(21)20(12-6-7-12)10-11-4-2-1-3-5-11/h8-9,11-12H,1-7,10,18H2. The monoisotopic (exact) mass is 307 g/mol. The van der Waals surface area contributed by atoms with E-state index < -0.39 is 0 Å². The molecule has 5 heteroatoms. The quantitative estimate of drug-likeness (QED) is 0.866. The van der Waals surface area contributed by atoms with Crippen LogP contribution in [-0.4, -0.2) is 28.4 Å². The number of nitrogens with two attached hydrogens (primary N) is 1. The van der Waals surface area contributed by atoms with Gasteiger partial charge in [-0.05, 0) is 37.7 Å². The van der Waals surface area contributed by atoms with Gasteiger partial charge in [0.1, 0.15) is 5.15 Å². The number of aromatic nitrogens is 1. The van der Waals surface area contributed by atoms with Gasteiger partial charge in [0.25, 0.3) is 5.91 Å². The molecule has 114 valence electrons. The van der Waals surface area contributed by atoms with Crippen molar-refractivity contribution < 1.29 is 4.79 Å². The third-order valence-electron chi connectivity index (χ3n) is 4.56. The Kier molecular flexibility index (Phi) is 4.34. The number of nitrogens with zero attached hydrogens (tertiary/aromatic N) is 2. The van der Waals surface area contributed by atoms with Gasteiger partial charge in [0, 0.05) is 12.6 Å². The fourth-order valence-electron chi connectivity index (χ4n) is 3.21. The minimum Gasteiger partial charge on any atom is -0.397 e. The van der Waals surface area contributed by atoms with Crippen molar-refractivity contribution in [2.45, 2.75) is 51.0 Å². The third kappa shape index (κ3) is 3.49. The molecule has 1 amide bonds. The number of halogens is 1. The van der Waals surface area contributed by atoms with Crippen LogP contribution in [0.1, 0.15) is 55.3 Å². The first-order valence-corrected chi connectivity index (χ1v) is 8.25. The normalized spacial score (nSPS) is 19.5. The van der Waals surface area contributed by atoms with Crippen molar-refractivity contribution in [1.29, 1.82) is 0 Å². The Morgan fingerprint density at radius 2 is 2.00 bits per heavy atom. The Hall–Kier alpha value is -1.29. The van der Waals surface area contributed by atoms with Gasteiger partial charge in [-0.15, -0.1) is 0 Å². The van der Waals surface area contributed by atoms with Gasteiger partial charge in [0.15, 0.2) is 0 Å². The van der Waals surface area contributed by atoms with Crippen molar-refractivity contribution in [1.82, 2.24) is 9.88 Å². The van der Waals surface area contributed by atoms with Crippen LogP contribution < -0.4 is 5.73 Å². The summed E-state index contributed by atoms with van der Waals surface area (Å²) in [6.07, 6.45) is 10.1. The molecule has 0 spiro atoms. The summed E-state index contributed by atoms with van der Waals surface area (Å²) in [5.74, 6) is 0.659. The van der Waals surface area contributed by atoms with Crippen LogP contribution in [0, 0.1) is 5.92 Å². The van der Waals surface area contributed by atoms with Gasteiger partial charge in [-0.1, -0.05) is 30.9 Å². The van der Waals surface area contributed by atoms with E-state index in [1.54, 1.807) is 6.07 Å². The van der Waals surface area contributed by atoms with E-state index in [0.717, 1.165) is 19.4 Å². The van der Waals surface area contributed by atoms with Gasteiger partial charge in [-0.25, -0.2) is 4.98 Å². The highest BCUT2D eigenvalue weighted by atomic mass is 35.5. The Labute approximate surface area is 130 Å². The molecule has 0 saturated heterocycles. The minimum atomic E-state index is 0.0184. The number of hydrogen-bond acceptors (Lipinski definition) is 3. The van der Waals surface area contributed by atoms with Crippen LogP contribution in [0.5, 0.6) is 0 Å². The highest BCUT2D eigenvalue weighted by Crippen LogP contribution is 2.33. The second-order valence-corrected chi connectivity index (χ2v) is 6.67. The molecule has 1 aromatic heterocycles. The van der Waals surface area contributed by atoms with Gasteiger partial charge in [-0.2, -0.15) is 0 Å². The number of amides is 1. The number of hydrogen-bond donors (Lipinski definition) is 1. The summed E-state index contributed by atoms with van der Waals surface area (Å²) >= 11 is 5.92. The summed E-state index contributed by atoms with van der Waals surface area (Å²) < 4.78 is 0. The van der Waals surface area contributed by atoms with Gasteiger partial charge in [0.05, 0.1) is 17.4 Å². The van der Waals surface area contributed by atoms with E-state index in [9.17, 15) is 4.79 Å². The molecule has 1 heterocycles. The number of carbonyl (C=O) groups excluding carboxylic acids is 1. The highest BCUT2D eigenvalue weighted by molar-refractivity contribution is 6.29. The summed E-state index contributed by atoms with van der Waals surface area (Å²) in [4.78, 5) is 18.8. The summed E-state index contributed by atoms with van der Waals surface area (Å²) in [5, 5.41) is 0.320. The maximum Gasteiger partial charge on any atom is 0.256 e. The molecule has 0 aliphatic heterocycles. The fraction of sp³-hybridized carbons (Fsp3) is 0.625.